The highest BCUT2D eigenvalue weighted by atomic mass is 16.5. The fourth-order valence-corrected chi connectivity index (χ4v) is 3.77. The molecule has 0 saturated carbocycles. The summed E-state index contributed by atoms with van der Waals surface area (Å²) in [5.74, 6) is -1.12. The summed E-state index contributed by atoms with van der Waals surface area (Å²) >= 11 is 0. The fourth-order valence-electron chi connectivity index (χ4n) is 3.77. The molecule has 1 atom stereocenters. The zero-order chi connectivity index (χ0) is 21.8. The van der Waals surface area contributed by atoms with Gasteiger partial charge in [0.25, 0.3) is 5.91 Å². The molecule has 1 N–H and O–H groups in total. The van der Waals surface area contributed by atoms with Gasteiger partial charge in [-0.1, -0.05) is 60.7 Å². The van der Waals surface area contributed by atoms with E-state index in [4.69, 9.17) is 4.74 Å². The monoisotopic (exact) mass is 414 g/mol. The van der Waals surface area contributed by atoms with E-state index in [0.29, 0.717) is 16.9 Å². The maximum Gasteiger partial charge on any atom is 0.339 e. The van der Waals surface area contributed by atoms with E-state index < -0.39 is 12.6 Å². The molecule has 31 heavy (non-hydrogen) atoms. The third-order valence-corrected chi connectivity index (χ3v) is 5.19. The number of carbonyl (C=O) groups excluding carboxylic acids is 3. The Morgan fingerprint density at radius 2 is 1.65 bits per heavy atom. The van der Waals surface area contributed by atoms with Crippen molar-refractivity contribution in [3.8, 4) is 11.1 Å². The van der Waals surface area contributed by atoms with Gasteiger partial charge in [0.2, 0.25) is 5.91 Å². The van der Waals surface area contributed by atoms with Crippen molar-refractivity contribution in [3.63, 3.8) is 0 Å². The molecular formula is C25H22N2O4. The minimum absolute atomic E-state index is 0.158. The van der Waals surface area contributed by atoms with Crippen LogP contribution in [0.4, 0.5) is 11.4 Å². The summed E-state index contributed by atoms with van der Waals surface area (Å²) in [5, 5.41) is 2.81. The fraction of sp³-hybridized carbons (Fsp3) is 0.160. The van der Waals surface area contributed by atoms with Crippen molar-refractivity contribution in [2.45, 2.75) is 19.4 Å². The van der Waals surface area contributed by atoms with E-state index in [0.717, 1.165) is 11.1 Å². The lowest BCUT2D eigenvalue weighted by Gasteiger charge is -2.27. The van der Waals surface area contributed by atoms with Crippen LogP contribution in [0.15, 0.2) is 78.9 Å². The van der Waals surface area contributed by atoms with E-state index in [-0.39, 0.29) is 24.3 Å². The van der Waals surface area contributed by atoms with E-state index in [1.807, 2.05) is 42.5 Å². The molecule has 0 saturated heterocycles. The van der Waals surface area contributed by atoms with Crippen LogP contribution in [0, 0.1) is 0 Å². The number of fused-ring (bicyclic) bond motifs is 1. The summed E-state index contributed by atoms with van der Waals surface area (Å²) < 4.78 is 5.40. The Labute approximate surface area is 180 Å². The molecule has 0 fully saturated rings. The Bertz CT molecular complexity index is 1130. The number of hydrogen-bond acceptors (Lipinski definition) is 4. The number of para-hydroxylation sites is 2. The van der Waals surface area contributed by atoms with Crippen LogP contribution in [0.2, 0.25) is 0 Å². The smallest absolute Gasteiger partial charge is 0.339 e. The molecule has 1 heterocycles. The first-order valence-electron chi connectivity index (χ1n) is 10.1. The average molecular weight is 414 g/mol. The van der Waals surface area contributed by atoms with Gasteiger partial charge in [-0.15, -0.1) is 0 Å². The van der Waals surface area contributed by atoms with Crippen molar-refractivity contribution in [2.75, 3.05) is 16.8 Å². The summed E-state index contributed by atoms with van der Waals surface area (Å²) in [5.41, 5.74) is 3.17. The summed E-state index contributed by atoms with van der Waals surface area (Å²) in [6, 6.07) is 23.4. The second-order valence-corrected chi connectivity index (χ2v) is 7.37. The number of benzene rings is 3. The molecular weight excluding hydrogens is 392 g/mol. The van der Waals surface area contributed by atoms with Gasteiger partial charge in [0.1, 0.15) is 0 Å². The van der Waals surface area contributed by atoms with Crippen molar-refractivity contribution in [1.82, 2.24) is 0 Å². The molecule has 0 bridgehead atoms. The van der Waals surface area contributed by atoms with Crippen LogP contribution in [-0.2, 0) is 14.3 Å². The normalized spacial score (nSPS) is 15.5. The first-order valence-corrected chi connectivity index (χ1v) is 10.1. The zero-order valence-electron chi connectivity index (χ0n) is 17.1. The minimum Gasteiger partial charge on any atom is -0.452 e. The van der Waals surface area contributed by atoms with E-state index in [2.05, 4.69) is 5.32 Å². The summed E-state index contributed by atoms with van der Waals surface area (Å²) in [6.07, 6.45) is 0.158. The third-order valence-electron chi connectivity index (χ3n) is 5.19. The topological polar surface area (TPSA) is 75.7 Å². The van der Waals surface area contributed by atoms with Gasteiger partial charge in [-0.2, -0.15) is 0 Å². The molecule has 3 aromatic rings. The Hall–Kier alpha value is -3.93. The van der Waals surface area contributed by atoms with Gasteiger partial charge in [0.15, 0.2) is 6.61 Å². The largest absolute Gasteiger partial charge is 0.452 e. The van der Waals surface area contributed by atoms with Crippen LogP contribution in [-0.4, -0.2) is 30.4 Å². The average Bonchev–Trinajstić information content (AvgIpc) is 2.92. The number of nitrogens with zero attached hydrogens (tertiary/aromatic N) is 1. The van der Waals surface area contributed by atoms with Crippen LogP contribution in [0.1, 0.15) is 23.7 Å². The Balaban J connectivity index is 1.53. The van der Waals surface area contributed by atoms with E-state index in [9.17, 15) is 14.4 Å². The third kappa shape index (κ3) is 4.33. The molecule has 6 nitrogen and oxygen atoms in total. The lowest BCUT2D eigenvalue weighted by atomic mass is 10.00. The van der Waals surface area contributed by atoms with Crippen LogP contribution in [0.3, 0.4) is 0 Å². The summed E-state index contributed by atoms with van der Waals surface area (Å²) in [4.78, 5) is 39.5. The molecule has 0 aliphatic carbocycles. The van der Waals surface area contributed by atoms with Crippen molar-refractivity contribution < 1.29 is 19.1 Å². The van der Waals surface area contributed by atoms with Crippen LogP contribution < -0.4 is 10.2 Å². The molecule has 0 aromatic heterocycles. The highest BCUT2D eigenvalue weighted by Gasteiger charge is 2.30. The Kier molecular flexibility index (Phi) is 5.80. The van der Waals surface area contributed by atoms with Crippen molar-refractivity contribution in [1.29, 1.82) is 0 Å². The lowest BCUT2D eigenvalue weighted by molar-refractivity contribution is -0.122. The van der Waals surface area contributed by atoms with E-state index >= 15 is 0 Å². The van der Waals surface area contributed by atoms with Crippen molar-refractivity contribution in [2.24, 2.45) is 0 Å². The Morgan fingerprint density at radius 1 is 0.968 bits per heavy atom. The first kappa shape index (κ1) is 20.3. The quantitative estimate of drug-likeness (QED) is 0.647. The predicted octanol–water partition coefficient (Wildman–Crippen LogP) is 4.27. The zero-order valence-corrected chi connectivity index (χ0v) is 17.1. The van der Waals surface area contributed by atoms with Crippen LogP contribution in [0.25, 0.3) is 11.1 Å². The minimum atomic E-state index is -0.572. The maximum atomic E-state index is 13.0. The lowest BCUT2D eigenvalue weighted by Crippen LogP contribution is -2.41. The number of anilines is 2. The number of esters is 1. The maximum absolute atomic E-state index is 13.0. The molecule has 0 unspecified atom stereocenters. The second-order valence-electron chi connectivity index (χ2n) is 7.37. The van der Waals surface area contributed by atoms with Crippen LogP contribution >= 0.6 is 0 Å². The van der Waals surface area contributed by atoms with Gasteiger partial charge >= 0.3 is 5.97 Å². The molecule has 1 aliphatic rings. The van der Waals surface area contributed by atoms with Gasteiger partial charge in [0, 0.05) is 12.5 Å². The molecule has 2 amide bonds. The standard InChI is InChI=1S/C25H22N2O4/c1-17-15-23(28)26-21-13-7-8-14-22(21)27(17)24(29)16-31-25(30)20-12-6-5-11-19(20)18-9-3-2-4-10-18/h2-14,17H,15-16H2,1H3,(H,26,28)/t17-/m1/s1. The second kappa shape index (κ2) is 8.83. The summed E-state index contributed by atoms with van der Waals surface area (Å²) in [7, 11) is 0. The number of rotatable bonds is 4. The number of carbonyl (C=O) groups is 3. The predicted molar refractivity (Wildman–Crippen MR) is 119 cm³/mol. The molecule has 1 aliphatic heterocycles. The molecule has 6 heteroatoms. The van der Waals surface area contributed by atoms with Crippen molar-refractivity contribution >= 4 is 29.2 Å². The van der Waals surface area contributed by atoms with E-state index in [1.165, 1.54) is 4.90 Å². The number of hydrogen-bond donors (Lipinski definition) is 1. The van der Waals surface area contributed by atoms with Gasteiger partial charge in [0.05, 0.1) is 16.9 Å². The van der Waals surface area contributed by atoms with Crippen LogP contribution in [0.5, 0.6) is 0 Å². The molecule has 3 aromatic carbocycles. The van der Waals surface area contributed by atoms with Crippen molar-refractivity contribution in [3.05, 3.63) is 84.4 Å². The molecule has 0 radical (unpaired) electrons. The number of ether oxygens (including phenoxy) is 1. The first-order chi connectivity index (χ1) is 15.0. The van der Waals surface area contributed by atoms with E-state index in [1.54, 1.807) is 43.3 Å². The van der Waals surface area contributed by atoms with Gasteiger partial charge in [-0.3, -0.25) is 9.59 Å². The number of nitrogens with one attached hydrogen (secondary N) is 1. The molecule has 4 rings (SSSR count). The Morgan fingerprint density at radius 3 is 2.45 bits per heavy atom. The molecule has 0 spiro atoms. The highest BCUT2D eigenvalue weighted by molar-refractivity contribution is 6.05. The highest BCUT2D eigenvalue weighted by Crippen LogP contribution is 2.31. The number of amides is 2. The van der Waals surface area contributed by atoms with Gasteiger partial charge in [-0.05, 0) is 36.2 Å². The molecule has 156 valence electrons. The SMILES string of the molecule is C[C@@H]1CC(=O)Nc2ccccc2N1C(=O)COC(=O)c1ccccc1-c1ccccc1. The van der Waals surface area contributed by atoms with Gasteiger partial charge in [-0.25, -0.2) is 4.79 Å². The van der Waals surface area contributed by atoms with Gasteiger partial charge < -0.3 is 15.0 Å². The summed E-state index contributed by atoms with van der Waals surface area (Å²) in [6.45, 7) is 1.38.